The molecule has 88 valence electrons. The number of aliphatic hydroxyl groups excluding tert-OH is 1. The average Bonchev–Trinajstić information content (AvgIpc) is 2.39. The van der Waals surface area contributed by atoms with Crippen molar-refractivity contribution in [1.29, 1.82) is 0 Å². The van der Waals surface area contributed by atoms with Crippen LogP contribution in [-0.4, -0.2) is 11.4 Å². The molecule has 0 unspecified atom stereocenters. The monoisotopic (exact) mass is 248 g/mol. The van der Waals surface area contributed by atoms with Gasteiger partial charge in [-0.05, 0) is 41.6 Å². The van der Waals surface area contributed by atoms with Crippen LogP contribution in [0.5, 0.6) is 0 Å². The Hall–Kier alpha value is -1.32. The molecule has 1 atom stereocenters. The molecule has 0 fully saturated rings. The third-order valence-electron chi connectivity index (χ3n) is 2.62. The standard InChI is InChI=1S/C14H13FOS/c1-17-13-8-4-11(5-9-13)14(16)10-2-6-12(15)7-3-10/h2-9,14,16H,1H3/t14-/m0/s1. The van der Waals surface area contributed by atoms with Crippen molar-refractivity contribution in [2.75, 3.05) is 6.26 Å². The smallest absolute Gasteiger partial charge is 0.123 e. The quantitative estimate of drug-likeness (QED) is 0.837. The van der Waals surface area contributed by atoms with E-state index in [1.54, 1.807) is 23.9 Å². The van der Waals surface area contributed by atoms with E-state index in [-0.39, 0.29) is 5.82 Å². The molecule has 0 heterocycles. The van der Waals surface area contributed by atoms with Gasteiger partial charge in [0.15, 0.2) is 0 Å². The van der Waals surface area contributed by atoms with Gasteiger partial charge in [0, 0.05) is 4.90 Å². The number of hydrogen-bond donors (Lipinski definition) is 1. The molecule has 2 rings (SSSR count). The van der Waals surface area contributed by atoms with E-state index < -0.39 is 6.10 Å². The van der Waals surface area contributed by atoms with Gasteiger partial charge < -0.3 is 5.11 Å². The van der Waals surface area contributed by atoms with E-state index in [4.69, 9.17) is 0 Å². The molecule has 0 amide bonds. The molecule has 3 heteroatoms. The highest BCUT2D eigenvalue weighted by Crippen LogP contribution is 2.24. The lowest BCUT2D eigenvalue weighted by atomic mass is 10.0. The second-order valence-electron chi connectivity index (χ2n) is 3.73. The summed E-state index contributed by atoms with van der Waals surface area (Å²) in [4.78, 5) is 1.15. The van der Waals surface area contributed by atoms with Gasteiger partial charge >= 0.3 is 0 Å². The third-order valence-corrected chi connectivity index (χ3v) is 3.36. The minimum atomic E-state index is -0.702. The lowest BCUT2D eigenvalue weighted by Gasteiger charge is -2.11. The summed E-state index contributed by atoms with van der Waals surface area (Å²) in [5.41, 5.74) is 1.51. The van der Waals surface area contributed by atoms with Crippen molar-refractivity contribution in [3.8, 4) is 0 Å². The van der Waals surface area contributed by atoms with E-state index in [2.05, 4.69) is 0 Å². The number of hydrogen-bond acceptors (Lipinski definition) is 2. The van der Waals surface area contributed by atoms with Gasteiger partial charge in [-0.2, -0.15) is 0 Å². The number of rotatable bonds is 3. The van der Waals surface area contributed by atoms with Crippen LogP contribution in [0.2, 0.25) is 0 Å². The Morgan fingerprint density at radius 1 is 0.941 bits per heavy atom. The van der Waals surface area contributed by atoms with Crippen LogP contribution in [0, 0.1) is 5.82 Å². The fraction of sp³-hybridized carbons (Fsp3) is 0.143. The molecule has 0 bridgehead atoms. The number of aliphatic hydroxyl groups is 1. The van der Waals surface area contributed by atoms with Gasteiger partial charge in [-0.15, -0.1) is 11.8 Å². The largest absolute Gasteiger partial charge is 0.384 e. The highest BCUT2D eigenvalue weighted by atomic mass is 32.2. The summed E-state index contributed by atoms with van der Waals surface area (Å²) in [7, 11) is 0. The molecule has 0 aliphatic rings. The number of thioether (sulfide) groups is 1. The number of benzene rings is 2. The zero-order valence-corrected chi connectivity index (χ0v) is 10.2. The Kier molecular flexibility index (Phi) is 3.82. The van der Waals surface area contributed by atoms with Crippen molar-refractivity contribution < 1.29 is 9.50 Å². The van der Waals surface area contributed by atoms with E-state index in [1.807, 2.05) is 30.5 Å². The SMILES string of the molecule is CSc1ccc([C@@H](O)c2ccc(F)cc2)cc1. The fourth-order valence-corrected chi connectivity index (χ4v) is 2.03. The average molecular weight is 248 g/mol. The van der Waals surface area contributed by atoms with E-state index in [9.17, 15) is 9.50 Å². The van der Waals surface area contributed by atoms with E-state index in [0.717, 1.165) is 10.5 Å². The Morgan fingerprint density at radius 3 is 1.88 bits per heavy atom. The summed E-state index contributed by atoms with van der Waals surface area (Å²) in [5.74, 6) is -0.293. The molecule has 0 radical (unpaired) electrons. The predicted molar refractivity (Wildman–Crippen MR) is 68.7 cm³/mol. The Balaban J connectivity index is 2.23. The van der Waals surface area contributed by atoms with Crippen LogP contribution in [0.25, 0.3) is 0 Å². The molecule has 17 heavy (non-hydrogen) atoms. The highest BCUT2D eigenvalue weighted by molar-refractivity contribution is 7.98. The van der Waals surface area contributed by atoms with Crippen molar-refractivity contribution in [3.05, 3.63) is 65.5 Å². The molecule has 1 N–H and O–H groups in total. The van der Waals surface area contributed by atoms with Crippen LogP contribution < -0.4 is 0 Å². The van der Waals surface area contributed by atoms with Crippen LogP contribution >= 0.6 is 11.8 Å². The molecule has 0 saturated carbocycles. The lowest BCUT2D eigenvalue weighted by Crippen LogP contribution is -1.99. The van der Waals surface area contributed by atoms with Crippen molar-refractivity contribution in [1.82, 2.24) is 0 Å². The van der Waals surface area contributed by atoms with Gasteiger partial charge in [-0.1, -0.05) is 24.3 Å². The Bertz CT molecular complexity index is 479. The summed E-state index contributed by atoms with van der Waals surface area (Å²) < 4.78 is 12.8. The maximum atomic E-state index is 12.8. The molecule has 1 nitrogen and oxygen atoms in total. The van der Waals surface area contributed by atoms with Crippen LogP contribution in [0.1, 0.15) is 17.2 Å². The second kappa shape index (κ2) is 5.34. The van der Waals surface area contributed by atoms with Gasteiger partial charge in [-0.25, -0.2) is 4.39 Å². The van der Waals surface area contributed by atoms with Crippen molar-refractivity contribution >= 4 is 11.8 Å². The maximum Gasteiger partial charge on any atom is 0.123 e. The summed E-state index contributed by atoms with van der Waals surface area (Å²) in [6.45, 7) is 0. The van der Waals surface area contributed by atoms with Crippen molar-refractivity contribution in [3.63, 3.8) is 0 Å². The third kappa shape index (κ3) is 2.87. The lowest BCUT2D eigenvalue weighted by molar-refractivity contribution is 0.220. The molecule has 0 aliphatic carbocycles. The molecule has 0 saturated heterocycles. The van der Waals surface area contributed by atoms with Crippen molar-refractivity contribution in [2.24, 2.45) is 0 Å². The Labute approximate surface area is 104 Å². The first kappa shape index (κ1) is 12.1. The topological polar surface area (TPSA) is 20.2 Å². The predicted octanol–water partition coefficient (Wildman–Crippen LogP) is 3.63. The molecule has 0 spiro atoms. The molecule has 0 aliphatic heterocycles. The normalized spacial score (nSPS) is 12.4. The summed E-state index contributed by atoms with van der Waals surface area (Å²) >= 11 is 1.66. The molecule has 2 aromatic carbocycles. The minimum absolute atomic E-state index is 0.293. The van der Waals surface area contributed by atoms with Crippen LogP contribution in [0.15, 0.2) is 53.4 Å². The second-order valence-corrected chi connectivity index (χ2v) is 4.61. The summed E-state index contributed by atoms with van der Waals surface area (Å²) in [5, 5.41) is 10.1. The van der Waals surface area contributed by atoms with Crippen LogP contribution in [0.3, 0.4) is 0 Å². The van der Waals surface area contributed by atoms with Gasteiger partial charge in [0.05, 0.1) is 0 Å². The number of halogens is 1. The van der Waals surface area contributed by atoms with Gasteiger partial charge in [0.1, 0.15) is 11.9 Å². The molecule has 2 aromatic rings. The first-order valence-electron chi connectivity index (χ1n) is 5.28. The minimum Gasteiger partial charge on any atom is -0.384 e. The first-order valence-corrected chi connectivity index (χ1v) is 6.50. The molecular weight excluding hydrogens is 235 g/mol. The van der Waals surface area contributed by atoms with Gasteiger partial charge in [0.25, 0.3) is 0 Å². The first-order chi connectivity index (χ1) is 8.20. The van der Waals surface area contributed by atoms with Crippen molar-refractivity contribution in [2.45, 2.75) is 11.0 Å². The fourth-order valence-electron chi connectivity index (χ4n) is 1.62. The zero-order chi connectivity index (χ0) is 12.3. The van der Waals surface area contributed by atoms with Crippen LogP contribution in [-0.2, 0) is 0 Å². The van der Waals surface area contributed by atoms with E-state index in [0.29, 0.717) is 5.56 Å². The van der Waals surface area contributed by atoms with Gasteiger partial charge in [0.2, 0.25) is 0 Å². The maximum absolute atomic E-state index is 12.8. The van der Waals surface area contributed by atoms with E-state index >= 15 is 0 Å². The van der Waals surface area contributed by atoms with Gasteiger partial charge in [-0.3, -0.25) is 0 Å². The van der Waals surface area contributed by atoms with Crippen LogP contribution in [0.4, 0.5) is 4.39 Å². The molecule has 0 aromatic heterocycles. The summed E-state index contributed by atoms with van der Waals surface area (Å²) in [6.07, 6.45) is 1.30. The molecular formula is C14H13FOS. The summed E-state index contributed by atoms with van der Waals surface area (Å²) in [6, 6.07) is 13.6. The zero-order valence-electron chi connectivity index (χ0n) is 9.43. The Morgan fingerprint density at radius 2 is 1.41 bits per heavy atom. The highest BCUT2D eigenvalue weighted by Gasteiger charge is 2.09. The van der Waals surface area contributed by atoms with E-state index in [1.165, 1.54) is 12.1 Å².